The first-order valence-electron chi connectivity index (χ1n) is 6.69. The molecule has 5 nitrogen and oxygen atoms in total. The molecule has 23 heavy (non-hydrogen) atoms. The van der Waals surface area contributed by atoms with Crippen molar-refractivity contribution in [3.8, 4) is 0 Å². The van der Waals surface area contributed by atoms with Crippen molar-refractivity contribution in [1.29, 1.82) is 0 Å². The molecule has 0 saturated carbocycles. The van der Waals surface area contributed by atoms with E-state index in [2.05, 4.69) is 26.2 Å². The fourth-order valence-corrected chi connectivity index (χ4v) is 3.30. The monoisotopic (exact) mass is 390 g/mol. The van der Waals surface area contributed by atoms with Crippen LogP contribution in [0.3, 0.4) is 0 Å². The van der Waals surface area contributed by atoms with Crippen LogP contribution in [0.4, 0.5) is 5.69 Å². The fourth-order valence-electron chi connectivity index (χ4n) is 2.02. The maximum atomic E-state index is 12.0. The molecule has 3 rings (SSSR count). The van der Waals surface area contributed by atoms with E-state index in [1.807, 2.05) is 12.1 Å². The first-order chi connectivity index (χ1) is 11.1. The largest absolute Gasteiger partial charge is 0.451 e. The van der Waals surface area contributed by atoms with E-state index in [9.17, 15) is 9.59 Å². The molecule has 0 radical (unpaired) electrons. The predicted octanol–water partition coefficient (Wildman–Crippen LogP) is 3.85. The molecule has 0 bridgehead atoms. The third kappa shape index (κ3) is 3.75. The highest BCUT2D eigenvalue weighted by atomic mass is 79.9. The van der Waals surface area contributed by atoms with Gasteiger partial charge in [0.2, 0.25) is 0 Å². The maximum Gasteiger partial charge on any atom is 0.348 e. The lowest BCUT2D eigenvalue weighted by Crippen LogP contribution is -2.20. The van der Waals surface area contributed by atoms with Crippen LogP contribution in [0.15, 0.2) is 52.4 Å². The normalized spacial score (nSPS) is 10.5. The van der Waals surface area contributed by atoms with Crippen LogP contribution < -0.4 is 5.32 Å². The Balaban J connectivity index is 1.64. The number of amides is 1. The molecule has 3 aromatic rings. The van der Waals surface area contributed by atoms with Crippen molar-refractivity contribution >= 4 is 55.7 Å². The van der Waals surface area contributed by atoms with Crippen molar-refractivity contribution in [2.24, 2.45) is 0 Å². The third-order valence-corrected chi connectivity index (χ3v) is 4.63. The second-order valence-electron chi connectivity index (χ2n) is 4.60. The lowest BCUT2D eigenvalue weighted by Gasteiger charge is -2.08. The molecule has 0 spiro atoms. The van der Waals surface area contributed by atoms with Crippen molar-refractivity contribution < 1.29 is 14.3 Å². The Morgan fingerprint density at radius 1 is 1.17 bits per heavy atom. The number of anilines is 1. The Bertz CT molecular complexity index is 873. The molecule has 0 fully saturated rings. The summed E-state index contributed by atoms with van der Waals surface area (Å²) in [6.07, 6.45) is 1.69. The highest BCUT2D eigenvalue weighted by molar-refractivity contribution is 9.11. The number of hydrogen-bond acceptors (Lipinski definition) is 5. The number of carbonyl (C=O) groups excluding carboxylic acids is 2. The molecular formula is C16H11BrN2O3S. The molecule has 0 aliphatic carbocycles. The van der Waals surface area contributed by atoms with E-state index in [4.69, 9.17) is 4.74 Å². The first-order valence-corrected chi connectivity index (χ1v) is 8.30. The zero-order valence-electron chi connectivity index (χ0n) is 11.8. The van der Waals surface area contributed by atoms with Gasteiger partial charge in [0, 0.05) is 11.6 Å². The van der Waals surface area contributed by atoms with E-state index in [-0.39, 0.29) is 6.61 Å². The standard InChI is InChI=1S/C16H11BrN2O3S/c17-14-7-6-13(23-14)16(21)22-9-15(20)19-12-5-1-4-11-10(12)3-2-8-18-11/h1-8H,9H2,(H,19,20). The Labute approximate surface area is 144 Å². The number of carbonyl (C=O) groups is 2. The quantitative estimate of drug-likeness (QED) is 0.686. The van der Waals surface area contributed by atoms with Crippen molar-refractivity contribution in [3.63, 3.8) is 0 Å². The molecule has 116 valence electrons. The summed E-state index contributed by atoms with van der Waals surface area (Å²) in [5.74, 6) is -0.916. The number of pyridine rings is 1. The summed E-state index contributed by atoms with van der Waals surface area (Å²) in [6, 6.07) is 12.5. The highest BCUT2D eigenvalue weighted by Gasteiger charge is 2.13. The van der Waals surface area contributed by atoms with Gasteiger partial charge in [0.15, 0.2) is 6.61 Å². The zero-order valence-corrected chi connectivity index (χ0v) is 14.2. The summed E-state index contributed by atoms with van der Waals surface area (Å²) in [5.41, 5.74) is 1.42. The number of hydrogen-bond donors (Lipinski definition) is 1. The molecule has 0 saturated heterocycles. The molecule has 2 aromatic heterocycles. The highest BCUT2D eigenvalue weighted by Crippen LogP contribution is 2.23. The van der Waals surface area contributed by atoms with Crippen LogP contribution in [0.25, 0.3) is 10.9 Å². The van der Waals surface area contributed by atoms with E-state index in [0.717, 1.165) is 14.7 Å². The van der Waals surface area contributed by atoms with Crippen molar-refractivity contribution in [1.82, 2.24) is 4.98 Å². The minimum absolute atomic E-state index is 0.342. The van der Waals surface area contributed by atoms with Crippen LogP contribution >= 0.6 is 27.3 Å². The van der Waals surface area contributed by atoms with Gasteiger partial charge in [-0.1, -0.05) is 6.07 Å². The molecular weight excluding hydrogens is 380 g/mol. The summed E-state index contributed by atoms with van der Waals surface area (Å²) >= 11 is 4.53. The van der Waals surface area contributed by atoms with Gasteiger partial charge in [-0.3, -0.25) is 9.78 Å². The number of halogens is 1. The van der Waals surface area contributed by atoms with Crippen molar-refractivity contribution in [2.45, 2.75) is 0 Å². The number of aromatic nitrogens is 1. The summed E-state index contributed by atoms with van der Waals surface area (Å²) in [5, 5.41) is 3.57. The Morgan fingerprint density at radius 2 is 2.04 bits per heavy atom. The average Bonchev–Trinajstić information content (AvgIpc) is 2.99. The second kappa shape index (κ2) is 6.89. The number of rotatable bonds is 4. The van der Waals surface area contributed by atoms with Gasteiger partial charge in [-0.25, -0.2) is 4.79 Å². The van der Waals surface area contributed by atoms with Gasteiger partial charge in [0.1, 0.15) is 4.88 Å². The fraction of sp³-hybridized carbons (Fsp3) is 0.0625. The van der Waals surface area contributed by atoms with Gasteiger partial charge in [-0.2, -0.15) is 0 Å². The lowest BCUT2D eigenvalue weighted by atomic mass is 10.2. The second-order valence-corrected chi connectivity index (χ2v) is 7.07. The van der Waals surface area contributed by atoms with Crippen molar-refractivity contribution in [2.75, 3.05) is 11.9 Å². The first kappa shape index (κ1) is 15.6. The van der Waals surface area contributed by atoms with Gasteiger partial charge in [-0.15, -0.1) is 11.3 Å². The van der Waals surface area contributed by atoms with E-state index >= 15 is 0 Å². The molecule has 1 aromatic carbocycles. The maximum absolute atomic E-state index is 12.0. The SMILES string of the molecule is O=C(COC(=O)c1ccc(Br)s1)Nc1cccc2ncccc12. The summed E-state index contributed by atoms with van der Waals surface area (Å²) in [7, 11) is 0. The van der Waals surface area contributed by atoms with E-state index in [1.165, 1.54) is 11.3 Å². The number of ether oxygens (including phenoxy) is 1. The smallest absolute Gasteiger partial charge is 0.348 e. The average molecular weight is 391 g/mol. The molecule has 0 aliphatic heterocycles. The van der Waals surface area contributed by atoms with Gasteiger partial charge in [-0.05, 0) is 52.3 Å². The summed E-state index contributed by atoms with van der Waals surface area (Å²) in [4.78, 5) is 28.5. The van der Waals surface area contributed by atoms with Crippen LogP contribution in [-0.2, 0) is 9.53 Å². The number of thiophene rings is 1. The van der Waals surface area contributed by atoms with E-state index < -0.39 is 11.9 Å². The number of fused-ring (bicyclic) bond motifs is 1. The summed E-state index contributed by atoms with van der Waals surface area (Å²) in [6.45, 7) is -0.342. The molecule has 7 heteroatoms. The Kier molecular flexibility index (Phi) is 4.68. The van der Waals surface area contributed by atoms with Gasteiger partial charge in [0.25, 0.3) is 5.91 Å². The van der Waals surface area contributed by atoms with Crippen LogP contribution in [-0.4, -0.2) is 23.5 Å². The molecule has 0 atom stereocenters. The molecule has 1 amide bonds. The minimum atomic E-state index is -0.518. The van der Waals surface area contributed by atoms with Gasteiger partial charge >= 0.3 is 5.97 Å². The third-order valence-electron chi connectivity index (χ3n) is 3.03. The van der Waals surface area contributed by atoms with Crippen LogP contribution in [0.2, 0.25) is 0 Å². The summed E-state index contributed by atoms with van der Waals surface area (Å²) < 4.78 is 5.84. The minimum Gasteiger partial charge on any atom is -0.451 e. The molecule has 1 N–H and O–H groups in total. The molecule has 0 unspecified atom stereocenters. The topological polar surface area (TPSA) is 68.3 Å². The number of nitrogens with one attached hydrogen (secondary N) is 1. The van der Waals surface area contributed by atoms with Crippen LogP contribution in [0.5, 0.6) is 0 Å². The lowest BCUT2D eigenvalue weighted by molar-refractivity contribution is -0.119. The Morgan fingerprint density at radius 3 is 2.83 bits per heavy atom. The molecule has 2 heterocycles. The van der Waals surface area contributed by atoms with E-state index in [0.29, 0.717) is 10.6 Å². The van der Waals surface area contributed by atoms with Crippen LogP contribution in [0, 0.1) is 0 Å². The molecule has 0 aliphatic rings. The number of esters is 1. The van der Waals surface area contributed by atoms with Crippen molar-refractivity contribution in [3.05, 3.63) is 57.3 Å². The van der Waals surface area contributed by atoms with Gasteiger partial charge in [0.05, 0.1) is 15.0 Å². The Hall–Kier alpha value is -2.25. The number of nitrogens with zero attached hydrogens (tertiary/aromatic N) is 1. The predicted molar refractivity (Wildman–Crippen MR) is 92.7 cm³/mol. The van der Waals surface area contributed by atoms with Crippen LogP contribution in [0.1, 0.15) is 9.67 Å². The number of benzene rings is 1. The van der Waals surface area contributed by atoms with E-state index in [1.54, 1.807) is 36.5 Å². The zero-order chi connectivity index (χ0) is 16.2. The van der Waals surface area contributed by atoms with Gasteiger partial charge < -0.3 is 10.1 Å².